The monoisotopic (exact) mass is 340 g/mol. The van der Waals surface area contributed by atoms with Crippen LogP contribution >= 0.6 is 27.7 Å². The van der Waals surface area contributed by atoms with Gasteiger partial charge in [0.05, 0.1) is 11.6 Å². The van der Waals surface area contributed by atoms with Crippen LogP contribution in [0.15, 0.2) is 32.7 Å². The molecule has 98 valence electrons. The number of aromatic carboxylic acids is 1. The third-order valence-electron chi connectivity index (χ3n) is 2.74. The summed E-state index contributed by atoms with van der Waals surface area (Å²) in [6.45, 7) is 0. The average molecular weight is 341 g/mol. The fraction of sp³-hybridized carbons (Fsp3) is 0.273. The van der Waals surface area contributed by atoms with Crippen molar-refractivity contribution in [2.24, 2.45) is 0 Å². The van der Waals surface area contributed by atoms with Crippen LogP contribution in [-0.2, 0) is 0 Å². The summed E-state index contributed by atoms with van der Waals surface area (Å²) < 4.78 is 2.37. The van der Waals surface area contributed by atoms with Crippen molar-refractivity contribution in [3.05, 3.63) is 28.2 Å². The molecule has 8 heteroatoms. The minimum absolute atomic E-state index is 0.242. The molecule has 6 nitrogen and oxygen atoms in total. The molecule has 0 spiro atoms. The van der Waals surface area contributed by atoms with Crippen LogP contribution in [0.1, 0.15) is 29.2 Å². The quantitative estimate of drug-likeness (QED) is 0.921. The summed E-state index contributed by atoms with van der Waals surface area (Å²) in [6, 6.07) is 5.50. The first-order chi connectivity index (χ1) is 9.15. The lowest BCUT2D eigenvalue weighted by molar-refractivity contribution is 0.0696. The third-order valence-corrected chi connectivity index (χ3v) is 4.33. The molecular weight excluding hydrogens is 332 g/mol. The molecule has 0 atom stereocenters. The van der Waals surface area contributed by atoms with Gasteiger partial charge in [-0.2, -0.15) is 0 Å². The van der Waals surface area contributed by atoms with Gasteiger partial charge in [-0.25, -0.2) is 9.48 Å². The second kappa shape index (κ2) is 4.93. The minimum Gasteiger partial charge on any atom is -0.478 e. The number of carboxylic acid groups (broad SMARTS) is 1. The van der Waals surface area contributed by atoms with Crippen LogP contribution < -0.4 is 0 Å². The van der Waals surface area contributed by atoms with E-state index in [0.717, 1.165) is 22.9 Å². The van der Waals surface area contributed by atoms with Gasteiger partial charge >= 0.3 is 5.97 Å². The highest BCUT2D eigenvalue weighted by atomic mass is 79.9. The maximum Gasteiger partial charge on any atom is 0.336 e. The lowest BCUT2D eigenvalue weighted by Gasteiger charge is -2.04. The van der Waals surface area contributed by atoms with Crippen LogP contribution in [0.25, 0.3) is 0 Å². The normalized spacial score (nSPS) is 14.6. The minimum atomic E-state index is -0.953. The Labute approximate surface area is 121 Å². The van der Waals surface area contributed by atoms with Gasteiger partial charge in [-0.1, -0.05) is 0 Å². The summed E-state index contributed by atoms with van der Waals surface area (Å²) in [5, 5.41) is 21.3. The maximum absolute atomic E-state index is 10.9. The first kappa shape index (κ1) is 12.6. The van der Waals surface area contributed by atoms with Gasteiger partial charge < -0.3 is 5.11 Å². The molecule has 1 N–H and O–H groups in total. The van der Waals surface area contributed by atoms with Crippen LogP contribution in [0.4, 0.5) is 0 Å². The molecule has 1 saturated carbocycles. The number of halogens is 1. The number of carbonyl (C=O) groups is 1. The number of aromatic nitrogens is 4. The van der Waals surface area contributed by atoms with Crippen LogP contribution in [0, 0.1) is 0 Å². The summed E-state index contributed by atoms with van der Waals surface area (Å²) in [5.41, 5.74) is 0.242. The molecular formula is C11H9BrN4O2S. The highest BCUT2D eigenvalue weighted by molar-refractivity contribution is 9.10. The number of benzene rings is 1. The molecule has 0 saturated heterocycles. The highest BCUT2D eigenvalue weighted by Gasteiger charge is 2.28. The van der Waals surface area contributed by atoms with E-state index in [0.29, 0.717) is 10.5 Å². The Morgan fingerprint density at radius 1 is 1.47 bits per heavy atom. The van der Waals surface area contributed by atoms with E-state index >= 15 is 0 Å². The molecule has 1 fully saturated rings. The second-order valence-corrected chi connectivity index (χ2v) is 6.08. The Hall–Kier alpha value is -1.41. The van der Waals surface area contributed by atoms with Crippen LogP contribution in [0.3, 0.4) is 0 Å². The Balaban J connectivity index is 1.85. The van der Waals surface area contributed by atoms with Gasteiger partial charge in [-0.3, -0.25) is 0 Å². The standard InChI is InChI=1S/C11H9BrN4O2S/c12-9-5-7(3-4-8(9)10(17)18)19-11-13-14-15-16(11)6-1-2-6/h3-6H,1-2H2,(H,17,18). The molecule has 1 aliphatic carbocycles. The zero-order valence-electron chi connectivity index (χ0n) is 9.65. The van der Waals surface area contributed by atoms with Crippen molar-refractivity contribution in [2.45, 2.75) is 28.9 Å². The molecule has 0 aliphatic heterocycles. The highest BCUT2D eigenvalue weighted by Crippen LogP contribution is 2.38. The summed E-state index contributed by atoms with van der Waals surface area (Å²) in [6.07, 6.45) is 2.22. The maximum atomic E-state index is 10.9. The first-order valence-electron chi connectivity index (χ1n) is 5.63. The summed E-state index contributed by atoms with van der Waals surface area (Å²) >= 11 is 4.69. The third kappa shape index (κ3) is 2.64. The SMILES string of the molecule is O=C(O)c1ccc(Sc2nnnn2C2CC2)cc1Br. The van der Waals surface area contributed by atoms with Crippen molar-refractivity contribution >= 4 is 33.7 Å². The number of nitrogens with zero attached hydrogens (tertiary/aromatic N) is 4. The van der Waals surface area contributed by atoms with E-state index in [2.05, 4.69) is 31.5 Å². The smallest absolute Gasteiger partial charge is 0.336 e. The topological polar surface area (TPSA) is 80.9 Å². The van der Waals surface area contributed by atoms with E-state index in [-0.39, 0.29) is 5.56 Å². The fourth-order valence-electron chi connectivity index (χ4n) is 1.64. The van der Waals surface area contributed by atoms with Crippen LogP contribution in [-0.4, -0.2) is 31.3 Å². The van der Waals surface area contributed by atoms with Crippen molar-refractivity contribution in [1.29, 1.82) is 0 Å². The molecule has 1 aromatic heterocycles. The summed E-state index contributed by atoms with van der Waals surface area (Å²) in [5.74, 6) is -0.953. The van der Waals surface area contributed by atoms with E-state index in [9.17, 15) is 4.79 Å². The molecule has 19 heavy (non-hydrogen) atoms. The van der Waals surface area contributed by atoms with Crippen LogP contribution in [0.2, 0.25) is 0 Å². The van der Waals surface area contributed by atoms with E-state index in [4.69, 9.17) is 5.11 Å². The number of hydrogen-bond acceptors (Lipinski definition) is 5. The zero-order valence-corrected chi connectivity index (χ0v) is 12.1. The van der Waals surface area contributed by atoms with Gasteiger partial charge in [0.15, 0.2) is 0 Å². The van der Waals surface area contributed by atoms with E-state index in [1.165, 1.54) is 11.8 Å². The van der Waals surface area contributed by atoms with Crippen LogP contribution in [0.5, 0.6) is 0 Å². The fourth-order valence-corrected chi connectivity index (χ4v) is 3.22. The lowest BCUT2D eigenvalue weighted by Crippen LogP contribution is -1.99. The Morgan fingerprint density at radius 3 is 2.89 bits per heavy atom. The van der Waals surface area contributed by atoms with E-state index < -0.39 is 5.97 Å². The number of hydrogen-bond donors (Lipinski definition) is 1. The predicted octanol–water partition coefficient (Wildman–Crippen LogP) is 2.62. The van der Waals surface area contributed by atoms with Crippen molar-refractivity contribution < 1.29 is 9.90 Å². The van der Waals surface area contributed by atoms with Crippen molar-refractivity contribution in [3.63, 3.8) is 0 Å². The lowest BCUT2D eigenvalue weighted by atomic mass is 10.2. The van der Waals surface area contributed by atoms with Gasteiger partial charge in [-0.15, -0.1) is 5.10 Å². The van der Waals surface area contributed by atoms with E-state index in [1.807, 2.05) is 4.68 Å². The number of tetrazole rings is 1. The number of carboxylic acids is 1. The van der Waals surface area contributed by atoms with Gasteiger partial charge in [0.1, 0.15) is 0 Å². The molecule has 1 aliphatic rings. The molecule has 1 aromatic carbocycles. The largest absolute Gasteiger partial charge is 0.478 e. The molecule has 3 rings (SSSR count). The van der Waals surface area contributed by atoms with Gasteiger partial charge in [0.25, 0.3) is 0 Å². The zero-order chi connectivity index (χ0) is 13.4. The van der Waals surface area contributed by atoms with Gasteiger partial charge in [0, 0.05) is 9.37 Å². The number of rotatable bonds is 4. The molecule has 0 unspecified atom stereocenters. The van der Waals surface area contributed by atoms with Gasteiger partial charge in [-0.05, 0) is 69.2 Å². The summed E-state index contributed by atoms with van der Waals surface area (Å²) in [7, 11) is 0. The molecule has 0 bridgehead atoms. The van der Waals surface area contributed by atoms with Crippen molar-refractivity contribution in [2.75, 3.05) is 0 Å². The molecule has 2 aromatic rings. The van der Waals surface area contributed by atoms with Gasteiger partial charge in [0.2, 0.25) is 5.16 Å². The predicted molar refractivity (Wildman–Crippen MR) is 71.3 cm³/mol. The van der Waals surface area contributed by atoms with Crippen molar-refractivity contribution in [1.82, 2.24) is 20.2 Å². The van der Waals surface area contributed by atoms with Crippen molar-refractivity contribution in [3.8, 4) is 0 Å². The second-order valence-electron chi connectivity index (χ2n) is 4.19. The molecule has 1 heterocycles. The Bertz CT molecular complexity index is 641. The Morgan fingerprint density at radius 2 is 2.26 bits per heavy atom. The van der Waals surface area contributed by atoms with E-state index in [1.54, 1.807) is 18.2 Å². The Kier molecular flexibility index (Phi) is 3.28. The summed E-state index contributed by atoms with van der Waals surface area (Å²) in [4.78, 5) is 11.8. The molecule has 0 radical (unpaired) electrons. The average Bonchev–Trinajstić information content (AvgIpc) is 3.10. The molecule has 0 amide bonds. The first-order valence-corrected chi connectivity index (χ1v) is 7.24.